The number of nitrogens with one attached hydrogen (secondary N) is 1. The molecule has 1 aliphatic rings. The number of carbonyl (C=O) groups excluding carboxylic acids is 1. The lowest BCUT2D eigenvalue weighted by atomic mass is 9.95. The number of rotatable bonds is 3. The lowest BCUT2D eigenvalue weighted by molar-refractivity contribution is -0.143. The Labute approximate surface area is 143 Å². The summed E-state index contributed by atoms with van der Waals surface area (Å²) in [6, 6.07) is 3.51. The number of hydrogen-bond donors (Lipinski definition) is 1. The van der Waals surface area contributed by atoms with Gasteiger partial charge in [0.2, 0.25) is 5.95 Å². The molecule has 0 bridgehead atoms. The van der Waals surface area contributed by atoms with Gasteiger partial charge in [0.25, 0.3) is 0 Å². The molecule has 0 aliphatic carbocycles. The Bertz CT molecular complexity index is 811. The van der Waals surface area contributed by atoms with Crippen LogP contribution in [-0.2, 0) is 9.53 Å². The molecule has 0 fully saturated rings. The Hall–Kier alpha value is -2.41. The van der Waals surface area contributed by atoms with E-state index in [0.717, 1.165) is 0 Å². The molecular weight excluding hydrogens is 335 g/mol. The van der Waals surface area contributed by atoms with Gasteiger partial charge in [-0.2, -0.15) is 10.1 Å². The summed E-state index contributed by atoms with van der Waals surface area (Å²) in [6.45, 7) is 5.20. The first-order chi connectivity index (χ1) is 11.4. The third kappa shape index (κ3) is 2.75. The van der Waals surface area contributed by atoms with E-state index in [4.69, 9.17) is 16.3 Å². The molecule has 0 amide bonds. The largest absolute Gasteiger partial charge is 0.459 e. The van der Waals surface area contributed by atoms with Crippen LogP contribution in [-0.4, -0.2) is 26.8 Å². The van der Waals surface area contributed by atoms with Gasteiger partial charge in [0.1, 0.15) is 18.2 Å². The number of fused-ring (bicyclic) bond motifs is 1. The normalized spacial score (nSPS) is 16.8. The second-order valence-corrected chi connectivity index (χ2v) is 6.09. The molecule has 0 unspecified atom stereocenters. The van der Waals surface area contributed by atoms with Gasteiger partial charge in [0.05, 0.1) is 11.7 Å². The highest BCUT2D eigenvalue weighted by atomic mass is 35.5. The van der Waals surface area contributed by atoms with Crippen LogP contribution in [0.25, 0.3) is 0 Å². The van der Waals surface area contributed by atoms with Crippen LogP contribution < -0.4 is 5.32 Å². The first-order valence-electron chi connectivity index (χ1n) is 7.42. The lowest BCUT2D eigenvalue weighted by Crippen LogP contribution is -2.31. The zero-order valence-electron chi connectivity index (χ0n) is 13.4. The van der Waals surface area contributed by atoms with Crippen LogP contribution in [0.2, 0.25) is 5.02 Å². The molecule has 3 rings (SSSR count). The molecule has 1 aromatic carbocycles. The fourth-order valence-corrected chi connectivity index (χ4v) is 2.94. The van der Waals surface area contributed by atoms with Gasteiger partial charge in [0.15, 0.2) is 0 Å². The molecule has 2 heterocycles. The summed E-state index contributed by atoms with van der Waals surface area (Å²) in [6.07, 6.45) is 1.01. The van der Waals surface area contributed by atoms with E-state index < -0.39 is 17.8 Å². The number of benzene rings is 1. The van der Waals surface area contributed by atoms with Crippen LogP contribution in [0.1, 0.15) is 32.4 Å². The van der Waals surface area contributed by atoms with Crippen LogP contribution >= 0.6 is 11.6 Å². The van der Waals surface area contributed by atoms with Crippen molar-refractivity contribution >= 4 is 23.5 Å². The topological polar surface area (TPSA) is 69.0 Å². The van der Waals surface area contributed by atoms with Crippen molar-refractivity contribution in [3.05, 3.63) is 52.2 Å². The monoisotopic (exact) mass is 350 g/mol. The predicted molar refractivity (Wildman–Crippen MR) is 87.1 cm³/mol. The smallest absolute Gasteiger partial charge is 0.338 e. The van der Waals surface area contributed by atoms with E-state index in [1.807, 2.05) is 0 Å². The van der Waals surface area contributed by atoms with Crippen molar-refractivity contribution in [3.8, 4) is 0 Å². The number of halogens is 2. The van der Waals surface area contributed by atoms with Crippen LogP contribution in [0.5, 0.6) is 0 Å². The molecule has 2 aromatic rings. The van der Waals surface area contributed by atoms with Crippen LogP contribution in [0.15, 0.2) is 35.8 Å². The van der Waals surface area contributed by atoms with E-state index in [9.17, 15) is 9.18 Å². The van der Waals surface area contributed by atoms with Crippen molar-refractivity contribution in [1.29, 1.82) is 0 Å². The second kappa shape index (κ2) is 6.24. The van der Waals surface area contributed by atoms with E-state index in [1.165, 1.54) is 23.1 Å². The third-order valence-corrected chi connectivity index (χ3v) is 3.96. The third-order valence-electron chi connectivity index (χ3n) is 3.63. The van der Waals surface area contributed by atoms with Crippen molar-refractivity contribution in [2.75, 3.05) is 5.32 Å². The summed E-state index contributed by atoms with van der Waals surface area (Å²) >= 11 is 6.22. The molecule has 24 heavy (non-hydrogen) atoms. The highest BCUT2D eigenvalue weighted by Gasteiger charge is 2.37. The summed E-state index contributed by atoms with van der Waals surface area (Å²) in [5.74, 6) is -0.683. The number of anilines is 1. The summed E-state index contributed by atoms with van der Waals surface area (Å²) < 4.78 is 21.3. The van der Waals surface area contributed by atoms with E-state index in [0.29, 0.717) is 11.6 Å². The van der Waals surface area contributed by atoms with Gasteiger partial charge in [-0.3, -0.25) is 0 Å². The fourth-order valence-electron chi connectivity index (χ4n) is 2.67. The minimum absolute atomic E-state index is 0.155. The van der Waals surface area contributed by atoms with E-state index in [-0.39, 0.29) is 22.3 Å². The minimum atomic E-state index is -0.858. The molecule has 0 saturated carbocycles. The van der Waals surface area contributed by atoms with Gasteiger partial charge >= 0.3 is 5.97 Å². The fraction of sp³-hybridized carbons (Fsp3) is 0.312. The summed E-state index contributed by atoms with van der Waals surface area (Å²) in [7, 11) is 0. The molecule has 0 radical (unpaired) electrons. The summed E-state index contributed by atoms with van der Waals surface area (Å²) in [5, 5.41) is 7.30. The quantitative estimate of drug-likeness (QED) is 0.860. The van der Waals surface area contributed by atoms with E-state index in [1.54, 1.807) is 26.8 Å². The molecule has 0 spiro atoms. The second-order valence-electron chi connectivity index (χ2n) is 5.68. The predicted octanol–water partition coefficient (Wildman–Crippen LogP) is 3.31. The first kappa shape index (κ1) is 16.4. The van der Waals surface area contributed by atoms with Gasteiger partial charge in [-0.15, -0.1) is 0 Å². The van der Waals surface area contributed by atoms with Crippen molar-refractivity contribution in [2.24, 2.45) is 0 Å². The molecule has 8 heteroatoms. The SMILES string of the molecule is CC1=C(C(=O)OC(C)C)[C@H](c2c(F)cccc2Cl)n2ncnc2N1. The van der Waals surface area contributed by atoms with Crippen molar-refractivity contribution in [1.82, 2.24) is 14.8 Å². The van der Waals surface area contributed by atoms with E-state index >= 15 is 0 Å². The summed E-state index contributed by atoms with van der Waals surface area (Å²) in [4.78, 5) is 16.7. The molecule has 1 atom stereocenters. The first-order valence-corrected chi connectivity index (χ1v) is 7.80. The Morgan fingerprint density at radius 1 is 1.46 bits per heavy atom. The molecule has 1 N–H and O–H groups in total. The van der Waals surface area contributed by atoms with Gasteiger partial charge in [-0.05, 0) is 32.9 Å². The average Bonchev–Trinajstić information content (AvgIpc) is 2.93. The molecule has 0 saturated heterocycles. The molecule has 1 aliphatic heterocycles. The zero-order chi connectivity index (χ0) is 17.4. The molecular formula is C16H16ClFN4O2. The van der Waals surface area contributed by atoms with Crippen molar-refractivity contribution < 1.29 is 13.9 Å². The number of hydrogen-bond acceptors (Lipinski definition) is 5. The number of allylic oxidation sites excluding steroid dienone is 1. The van der Waals surface area contributed by atoms with Crippen molar-refractivity contribution in [3.63, 3.8) is 0 Å². The Balaban J connectivity index is 2.20. The standard InChI is InChI=1S/C16H16ClFN4O2/c1-8(2)24-15(23)12-9(3)21-16-19-7-20-22(16)14(12)13-10(17)5-4-6-11(13)18/h4-8,14H,1-3H3,(H,19,20,21)/t14-/m1/s1. The number of carbonyl (C=O) groups is 1. The summed E-state index contributed by atoms with van der Waals surface area (Å²) in [5.41, 5.74) is 0.918. The van der Waals surface area contributed by atoms with Gasteiger partial charge in [-0.25, -0.2) is 13.9 Å². The highest BCUT2D eigenvalue weighted by Crippen LogP contribution is 2.39. The Morgan fingerprint density at radius 2 is 2.21 bits per heavy atom. The number of nitrogens with zero attached hydrogens (tertiary/aromatic N) is 3. The highest BCUT2D eigenvalue weighted by molar-refractivity contribution is 6.31. The minimum Gasteiger partial charge on any atom is -0.459 e. The Kier molecular flexibility index (Phi) is 4.28. The molecule has 6 nitrogen and oxygen atoms in total. The number of esters is 1. The molecule has 126 valence electrons. The maximum atomic E-state index is 14.5. The van der Waals surface area contributed by atoms with Crippen LogP contribution in [0.4, 0.5) is 10.3 Å². The number of aromatic nitrogens is 3. The maximum Gasteiger partial charge on any atom is 0.338 e. The van der Waals surface area contributed by atoms with Gasteiger partial charge in [0, 0.05) is 16.3 Å². The maximum absolute atomic E-state index is 14.5. The average molecular weight is 351 g/mol. The van der Waals surface area contributed by atoms with Gasteiger partial charge < -0.3 is 10.1 Å². The Morgan fingerprint density at radius 3 is 2.88 bits per heavy atom. The lowest BCUT2D eigenvalue weighted by Gasteiger charge is -2.29. The van der Waals surface area contributed by atoms with Crippen molar-refractivity contribution in [2.45, 2.75) is 32.9 Å². The van der Waals surface area contributed by atoms with Crippen LogP contribution in [0, 0.1) is 5.82 Å². The zero-order valence-corrected chi connectivity index (χ0v) is 14.1. The van der Waals surface area contributed by atoms with E-state index in [2.05, 4.69) is 15.4 Å². The van der Waals surface area contributed by atoms with Gasteiger partial charge in [-0.1, -0.05) is 17.7 Å². The molecule has 1 aromatic heterocycles. The van der Waals surface area contributed by atoms with Crippen LogP contribution in [0.3, 0.4) is 0 Å². The number of ether oxygens (including phenoxy) is 1.